The van der Waals surface area contributed by atoms with Crippen LogP contribution in [0.3, 0.4) is 0 Å². The fourth-order valence-electron chi connectivity index (χ4n) is 12.5. The number of fused-ring (bicyclic) bond motifs is 4. The van der Waals surface area contributed by atoms with Crippen LogP contribution in [-0.2, 0) is 84.3 Å². The number of ether oxygens (including phenoxy) is 5. The molecule has 0 radical (unpaired) electrons. The van der Waals surface area contributed by atoms with Crippen molar-refractivity contribution in [1.29, 1.82) is 0 Å². The highest BCUT2D eigenvalue weighted by molar-refractivity contribution is 9.10. The van der Waals surface area contributed by atoms with Crippen LogP contribution in [0.4, 0.5) is 30.6 Å². The van der Waals surface area contributed by atoms with Crippen LogP contribution in [0.2, 0.25) is 78.8 Å². The van der Waals surface area contributed by atoms with Gasteiger partial charge in [-0.15, -0.1) is 45.3 Å². The number of hydrogen-bond acceptors (Lipinski definition) is 20. The molecule has 11 aromatic rings. The first kappa shape index (κ1) is 101. The average Bonchev–Trinajstić information content (AvgIpc) is 1.63. The van der Waals surface area contributed by atoms with Crippen molar-refractivity contribution in [3.05, 3.63) is 202 Å². The van der Waals surface area contributed by atoms with Gasteiger partial charge in [-0.25, -0.2) is 28.5 Å². The summed E-state index contributed by atoms with van der Waals surface area (Å²) >= 11 is 45.4. The Balaban J connectivity index is 0.000000189. The number of rotatable bonds is 17. The van der Waals surface area contributed by atoms with Gasteiger partial charge in [0.15, 0.2) is 0 Å². The van der Waals surface area contributed by atoms with Crippen molar-refractivity contribution < 1.29 is 52.9 Å². The summed E-state index contributed by atoms with van der Waals surface area (Å²) in [6, 6.07) is 32.7. The van der Waals surface area contributed by atoms with Crippen LogP contribution >= 0.6 is 131 Å². The number of halogens is 7. The van der Waals surface area contributed by atoms with Crippen molar-refractivity contribution in [2.75, 3.05) is 50.0 Å². The van der Waals surface area contributed by atoms with E-state index in [-0.39, 0.29) is 45.8 Å². The summed E-state index contributed by atoms with van der Waals surface area (Å²) < 4.78 is 35.4. The molecular weight excluding hydrogens is 1870 g/mol. The number of anilines is 2. The van der Waals surface area contributed by atoms with Gasteiger partial charge in [0.25, 0.3) is 0 Å². The van der Waals surface area contributed by atoms with E-state index in [0.717, 1.165) is 120 Å². The number of carbonyl (C=O) groups excluding carboxylic acids is 4. The van der Waals surface area contributed by atoms with Crippen LogP contribution in [0.25, 0.3) is 33.8 Å². The zero-order chi connectivity index (χ0) is 87.5. The zero-order valence-electron chi connectivity index (χ0n) is 69.3. The third kappa shape index (κ3) is 30.6. The Morgan fingerprint density at radius 3 is 1.46 bits per heavy atom. The van der Waals surface area contributed by atoms with Crippen molar-refractivity contribution in [3.63, 3.8) is 0 Å². The smallest absolute Gasteiger partial charge is 0.444 e. The minimum absolute atomic E-state index is 0. The number of benzene rings is 3. The van der Waals surface area contributed by atoms with Gasteiger partial charge in [0.05, 0.1) is 36.6 Å². The van der Waals surface area contributed by atoms with E-state index in [9.17, 15) is 29.2 Å². The summed E-state index contributed by atoms with van der Waals surface area (Å²) in [5, 5.41) is 61.3. The number of aromatic nitrogens is 8. The topological polar surface area (TPSA) is 294 Å². The summed E-state index contributed by atoms with van der Waals surface area (Å²) in [6.45, 7) is 31.9. The molecule has 0 aliphatic carbocycles. The number of aromatic amines is 2. The normalized spacial score (nSPS) is 13.4. The Morgan fingerprint density at radius 2 is 0.992 bits per heavy atom. The maximum Gasteiger partial charge on any atom is 0.510 e. The lowest BCUT2D eigenvalue weighted by Gasteiger charge is -2.30. The number of nitrogens with zero attached hydrogens (tertiary/aromatic N) is 9. The molecule has 8 aromatic heterocycles. The number of para-hydroxylation sites is 1. The van der Waals surface area contributed by atoms with Gasteiger partial charge in [-0.1, -0.05) is 154 Å². The molecule has 0 saturated carbocycles. The predicted molar refractivity (Wildman–Crippen MR) is 513 cm³/mol. The number of urea groups is 1. The number of nitrogens with one attached hydrogen (secondary N) is 5. The van der Waals surface area contributed by atoms with Crippen LogP contribution in [-0.4, -0.2) is 163 Å². The Morgan fingerprint density at radius 1 is 0.537 bits per heavy atom. The van der Waals surface area contributed by atoms with Crippen LogP contribution in [0.1, 0.15) is 101 Å². The second kappa shape index (κ2) is 46.6. The van der Waals surface area contributed by atoms with E-state index in [1.165, 1.54) is 45.3 Å². The molecule has 0 atom stereocenters. The number of amides is 5. The third-order valence-electron chi connectivity index (χ3n) is 18.6. The first-order valence-corrected chi connectivity index (χ1v) is 53.0. The molecular formula is C84H108BBrCl6N14O11S4Si2. The quantitative estimate of drug-likeness (QED) is 0.0329. The number of carbonyl (C=O) groups is 4. The average molecular weight is 1980 g/mol. The molecule has 0 spiro atoms. The molecule has 3 aromatic carbocycles. The van der Waals surface area contributed by atoms with Gasteiger partial charge in [-0.05, 0) is 164 Å². The second-order valence-corrected chi connectivity index (χ2v) is 51.8. The Kier molecular flexibility index (Phi) is 38.4. The molecule has 12 heterocycles. The monoisotopic (exact) mass is 1970 g/mol. The highest BCUT2D eigenvalue weighted by Gasteiger charge is 2.36. The molecule has 0 saturated heterocycles. The van der Waals surface area contributed by atoms with E-state index >= 15 is 0 Å². The first-order chi connectivity index (χ1) is 57.3. The molecule has 7 N–H and O–H groups in total. The van der Waals surface area contributed by atoms with E-state index in [4.69, 9.17) is 98.4 Å². The van der Waals surface area contributed by atoms with E-state index in [0.29, 0.717) is 100 Å². The first-order valence-electron chi connectivity index (χ1n) is 39.0. The number of H-pyrrole nitrogens is 2. The molecule has 123 heavy (non-hydrogen) atoms. The van der Waals surface area contributed by atoms with E-state index in [1.54, 1.807) is 97.4 Å². The van der Waals surface area contributed by atoms with Crippen LogP contribution < -0.4 is 26.3 Å². The molecule has 664 valence electrons. The van der Waals surface area contributed by atoms with Gasteiger partial charge in [0.2, 0.25) is 0 Å². The SMILES string of the molecule is C.C.CC(C)(C)OC(=O)N1CCc2c(c(-c3ccsc3Cl)nn2COCC[Si](C)(C)C)C1.CC(C)(C)OC(=O)N1CCc2c(c(B(O)O)nn2COCC[Si](C)(C)C)C1.Clc1sccc1-c1n[nH]c2c1CNCC2.Clc1sccc1Br.O=C(Nc1cccc(Cl)c1)N1CCc2[nH]nc(-c3ccsc3Cl)c2C1.O=C(Nc1cccc(Cl)c1)Oc1ccccc1. The predicted octanol–water partition coefficient (Wildman–Crippen LogP) is 22.9. The molecule has 0 unspecified atom stereocenters. The molecule has 4 aliphatic rings. The molecule has 0 bridgehead atoms. The molecule has 39 heteroatoms. The summed E-state index contributed by atoms with van der Waals surface area (Å²) in [7, 11) is -4.00. The number of thiophene rings is 4. The summed E-state index contributed by atoms with van der Waals surface area (Å²) in [5.74, 6) is 0.493. The Labute approximate surface area is 777 Å². The summed E-state index contributed by atoms with van der Waals surface area (Å²) in [6.07, 6.45) is 1.77. The summed E-state index contributed by atoms with van der Waals surface area (Å²) in [4.78, 5) is 54.2. The lowest BCUT2D eigenvalue weighted by molar-refractivity contribution is 0.0208. The molecule has 15 rings (SSSR count). The van der Waals surface area contributed by atoms with E-state index in [1.807, 2.05) is 104 Å². The van der Waals surface area contributed by atoms with Gasteiger partial charge in [-0.3, -0.25) is 15.5 Å². The van der Waals surface area contributed by atoms with Gasteiger partial charge >= 0.3 is 31.4 Å². The maximum atomic E-state index is 12.6. The van der Waals surface area contributed by atoms with Gasteiger partial charge in [-0.2, -0.15) is 20.4 Å². The minimum Gasteiger partial charge on any atom is -0.444 e. The van der Waals surface area contributed by atoms with Crippen LogP contribution in [0, 0.1) is 0 Å². The fourth-order valence-corrected chi connectivity index (χ4v) is 18.5. The van der Waals surface area contributed by atoms with Crippen molar-refractivity contribution in [3.8, 4) is 39.5 Å². The van der Waals surface area contributed by atoms with Crippen LogP contribution in [0.15, 0.2) is 129 Å². The van der Waals surface area contributed by atoms with Crippen molar-refractivity contribution >= 4 is 195 Å². The molecule has 25 nitrogen and oxygen atoms in total. The van der Waals surface area contributed by atoms with Crippen molar-refractivity contribution in [2.24, 2.45) is 0 Å². The van der Waals surface area contributed by atoms with Crippen molar-refractivity contribution in [2.45, 2.75) is 184 Å². The van der Waals surface area contributed by atoms with Crippen LogP contribution in [0.5, 0.6) is 5.75 Å². The second-order valence-electron chi connectivity index (χ2n) is 32.8. The minimum atomic E-state index is -1.69. The van der Waals surface area contributed by atoms with E-state index in [2.05, 4.69) is 96.7 Å². The Hall–Kier alpha value is -7.10. The fraction of sp³-hybridized carbons (Fsp3) is 0.405. The van der Waals surface area contributed by atoms with Gasteiger partial charge in [0.1, 0.15) is 53.5 Å². The van der Waals surface area contributed by atoms with E-state index < -0.39 is 46.7 Å². The van der Waals surface area contributed by atoms with Gasteiger partial charge < -0.3 is 59.1 Å². The standard InChI is InChI=1S/C21H32ClN3O3SSi.C17H32BN3O5Si.C17H14Cl2N4OS.C13H10ClNO2.C10H10ClN3S.C4H2BrClS.2CH4/c1-21(2,3)28-20(26)24-9-7-17-16(13-24)18(15-8-11-29-19(15)22)23-25(17)14-27-10-12-30(4,5)6;1-17(2,3)26-16(22)20-8-7-14-13(11-20)15(18(23)24)19-21(14)12-25-9-10-27(4,5)6;18-10-2-1-3-11(8-10)20-17(24)23-6-4-14-13(9-23)15(22-21-14)12-5-7-25-16(12)19;14-10-5-4-6-11(9-10)15-13(16)17-12-7-2-1-3-8-12;11-10-6(2-4-15-10)9-7-5-12-3-1-8(7)13-14-9;5-3-1-2-7-4(3)6;;/h8,11H,7,9-10,12-14H2,1-6H3;23-24H,7-12H2,1-6H3;1-3,5,7-8H,4,6,9H2,(H,20,24)(H,21,22);1-9H,(H,15,16);2,4,12H,1,3,5H2,(H,13,14);1-2H;2*1H4. The lowest BCUT2D eigenvalue weighted by atomic mass is 9.81. The zero-order valence-corrected chi connectivity index (χ0v) is 80.7. The highest BCUT2D eigenvalue weighted by Crippen LogP contribution is 2.40. The summed E-state index contributed by atoms with van der Waals surface area (Å²) in [5.41, 5.74) is 14.1. The largest absolute Gasteiger partial charge is 0.510 e. The highest BCUT2D eigenvalue weighted by atomic mass is 79.9. The Bertz CT molecular complexity index is 5260. The number of hydrogen-bond donors (Lipinski definition) is 7. The molecule has 0 fully saturated rings. The maximum absolute atomic E-state index is 12.6. The van der Waals surface area contributed by atoms with Crippen molar-refractivity contribution in [1.82, 2.24) is 60.0 Å². The van der Waals surface area contributed by atoms with Gasteiger partial charge in [0, 0.05) is 175 Å². The molecule has 4 aliphatic heterocycles. The molecule has 5 amide bonds. The lowest BCUT2D eigenvalue weighted by Crippen LogP contribution is -2.43. The third-order valence-corrected chi connectivity index (χ3v) is 28.3.